The molecular formula is C15H13BrN2O3. The highest BCUT2D eigenvalue weighted by Crippen LogP contribution is 2.31. The van der Waals surface area contributed by atoms with Gasteiger partial charge in [0.15, 0.2) is 11.5 Å². The lowest BCUT2D eigenvalue weighted by atomic mass is 10.1. The molecule has 1 aromatic heterocycles. The van der Waals surface area contributed by atoms with Crippen molar-refractivity contribution in [2.45, 2.75) is 6.92 Å². The minimum absolute atomic E-state index is 0.209. The number of nitrogens with one attached hydrogen (secondary N) is 1. The quantitative estimate of drug-likeness (QED) is 0.846. The highest BCUT2D eigenvalue weighted by molar-refractivity contribution is 9.10. The lowest BCUT2D eigenvalue weighted by molar-refractivity contribution is 0.102. The number of halogens is 1. The van der Waals surface area contributed by atoms with Gasteiger partial charge in [0.05, 0.1) is 11.4 Å². The lowest BCUT2D eigenvalue weighted by Crippen LogP contribution is -2.17. The molecule has 3 rings (SSSR count). The molecule has 0 fully saturated rings. The number of fused-ring (bicyclic) bond motifs is 1. The molecule has 21 heavy (non-hydrogen) atoms. The first-order valence-electron chi connectivity index (χ1n) is 6.47. The summed E-state index contributed by atoms with van der Waals surface area (Å²) < 4.78 is 11.7. The zero-order valence-corrected chi connectivity index (χ0v) is 12.9. The van der Waals surface area contributed by atoms with Crippen LogP contribution in [0.25, 0.3) is 0 Å². The third-order valence-corrected chi connectivity index (χ3v) is 3.55. The van der Waals surface area contributed by atoms with Crippen molar-refractivity contribution in [3.8, 4) is 11.5 Å². The summed E-state index contributed by atoms with van der Waals surface area (Å²) >= 11 is 3.29. The second-order valence-electron chi connectivity index (χ2n) is 4.58. The summed E-state index contributed by atoms with van der Waals surface area (Å²) in [6.45, 7) is 2.86. The number of anilines is 1. The molecular weight excluding hydrogens is 336 g/mol. The van der Waals surface area contributed by atoms with Crippen LogP contribution < -0.4 is 14.8 Å². The van der Waals surface area contributed by atoms with Crippen LogP contribution in [0.2, 0.25) is 0 Å². The van der Waals surface area contributed by atoms with Gasteiger partial charge < -0.3 is 14.8 Å². The van der Waals surface area contributed by atoms with Crippen LogP contribution in [0, 0.1) is 6.92 Å². The fraction of sp³-hybridized carbons (Fsp3) is 0.200. The van der Waals surface area contributed by atoms with Gasteiger partial charge >= 0.3 is 0 Å². The molecule has 1 aliphatic heterocycles. The Bertz CT molecular complexity index is 703. The maximum atomic E-state index is 12.3. The summed E-state index contributed by atoms with van der Waals surface area (Å²) in [6, 6.07) is 8.74. The van der Waals surface area contributed by atoms with Crippen LogP contribution in [-0.2, 0) is 0 Å². The number of ether oxygens (including phenoxy) is 2. The zero-order chi connectivity index (χ0) is 14.8. The van der Waals surface area contributed by atoms with Crippen LogP contribution in [0.4, 0.5) is 5.69 Å². The van der Waals surface area contributed by atoms with E-state index >= 15 is 0 Å². The Labute approximate surface area is 130 Å². The topological polar surface area (TPSA) is 60.5 Å². The Balaban J connectivity index is 1.82. The Morgan fingerprint density at radius 2 is 1.95 bits per heavy atom. The van der Waals surface area contributed by atoms with Gasteiger partial charge in [-0.2, -0.15) is 0 Å². The van der Waals surface area contributed by atoms with Gasteiger partial charge in [-0.1, -0.05) is 0 Å². The summed E-state index contributed by atoms with van der Waals surface area (Å²) in [6.07, 6.45) is 0. The standard InChI is InChI=1S/C15H13BrN2O3/c1-9-11(3-5-14(16)17-9)18-15(19)10-2-4-12-13(8-10)21-7-6-20-12/h2-5,8H,6-7H2,1H3,(H,18,19). The van der Waals surface area contributed by atoms with E-state index < -0.39 is 0 Å². The van der Waals surface area contributed by atoms with Crippen molar-refractivity contribution in [1.82, 2.24) is 4.98 Å². The van der Waals surface area contributed by atoms with E-state index in [4.69, 9.17) is 9.47 Å². The predicted octanol–water partition coefficient (Wildman–Crippen LogP) is 3.18. The van der Waals surface area contributed by atoms with E-state index in [-0.39, 0.29) is 5.91 Å². The van der Waals surface area contributed by atoms with Crippen molar-refractivity contribution in [1.29, 1.82) is 0 Å². The van der Waals surface area contributed by atoms with Gasteiger partial charge in [-0.05, 0) is 53.2 Å². The molecule has 1 aliphatic rings. The Morgan fingerprint density at radius 3 is 2.71 bits per heavy atom. The van der Waals surface area contributed by atoms with Crippen LogP contribution >= 0.6 is 15.9 Å². The smallest absolute Gasteiger partial charge is 0.255 e. The van der Waals surface area contributed by atoms with Crippen molar-refractivity contribution in [3.63, 3.8) is 0 Å². The van der Waals surface area contributed by atoms with E-state index in [1.54, 1.807) is 24.3 Å². The molecule has 1 N–H and O–H groups in total. The van der Waals surface area contributed by atoms with Gasteiger partial charge in [0.1, 0.15) is 17.8 Å². The number of carbonyl (C=O) groups excluding carboxylic acids is 1. The van der Waals surface area contributed by atoms with E-state index in [9.17, 15) is 4.79 Å². The first-order chi connectivity index (χ1) is 10.1. The van der Waals surface area contributed by atoms with Gasteiger partial charge in [0, 0.05) is 5.56 Å². The number of hydrogen-bond donors (Lipinski definition) is 1. The number of aromatic nitrogens is 1. The minimum atomic E-state index is -0.209. The molecule has 6 heteroatoms. The number of hydrogen-bond acceptors (Lipinski definition) is 4. The monoisotopic (exact) mass is 348 g/mol. The summed E-state index contributed by atoms with van der Waals surface area (Å²) in [4.78, 5) is 16.5. The normalized spacial score (nSPS) is 12.9. The summed E-state index contributed by atoms with van der Waals surface area (Å²) in [7, 11) is 0. The molecule has 2 heterocycles. The van der Waals surface area contributed by atoms with Crippen molar-refractivity contribution in [2.75, 3.05) is 18.5 Å². The third-order valence-electron chi connectivity index (χ3n) is 3.10. The fourth-order valence-electron chi connectivity index (χ4n) is 2.04. The number of aryl methyl sites for hydroxylation is 1. The van der Waals surface area contributed by atoms with Gasteiger partial charge in [-0.25, -0.2) is 4.98 Å². The first-order valence-corrected chi connectivity index (χ1v) is 7.27. The minimum Gasteiger partial charge on any atom is -0.486 e. The molecule has 0 radical (unpaired) electrons. The van der Waals surface area contributed by atoms with Crippen molar-refractivity contribution in [2.24, 2.45) is 0 Å². The van der Waals surface area contributed by atoms with Crippen molar-refractivity contribution < 1.29 is 14.3 Å². The third kappa shape index (κ3) is 3.00. The molecule has 0 saturated carbocycles. The number of pyridine rings is 1. The van der Waals surface area contributed by atoms with Crippen LogP contribution in [0.5, 0.6) is 11.5 Å². The molecule has 0 spiro atoms. The fourth-order valence-corrected chi connectivity index (χ4v) is 2.44. The molecule has 5 nitrogen and oxygen atoms in total. The number of rotatable bonds is 2. The van der Waals surface area contributed by atoms with E-state index in [1.807, 2.05) is 13.0 Å². The number of nitrogens with zero attached hydrogens (tertiary/aromatic N) is 1. The molecule has 0 unspecified atom stereocenters. The summed E-state index contributed by atoms with van der Waals surface area (Å²) in [5, 5.41) is 2.84. The van der Waals surface area contributed by atoms with Crippen LogP contribution in [0.15, 0.2) is 34.9 Å². The largest absolute Gasteiger partial charge is 0.486 e. The molecule has 0 atom stereocenters. The molecule has 0 bridgehead atoms. The zero-order valence-electron chi connectivity index (χ0n) is 11.4. The molecule has 1 aromatic carbocycles. The summed E-state index contributed by atoms with van der Waals surface area (Å²) in [5.41, 5.74) is 1.94. The van der Waals surface area contributed by atoms with Crippen LogP contribution in [0.3, 0.4) is 0 Å². The molecule has 108 valence electrons. The molecule has 0 saturated heterocycles. The number of benzene rings is 1. The van der Waals surface area contributed by atoms with Gasteiger partial charge in [0.2, 0.25) is 0 Å². The predicted molar refractivity (Wildman–Crippen MR) is 82.1 cm³/mol. The van der Waals surface area contributed by atoms with E-state index in [1.165, 1.54) is 0 Å². The Hall–Kier alpha value is -2.08. The van der Waals surface area contributed by atoms with Crippen molar-refractivity contribution in [3.05, 3.63) is 46.2 Å². The molecule has 0 aliphatic carbocycles. The lowest BCUT2D eigenvalue weighted by Gasteiger charge is -2.18. The highest BCUT2D eigenvalue weighted by atomic mass is 79.9. The average molecular weight is 349 g/mol. The number of amides is 1. The SMILES string of the molecule is Cc1nc(Br)ccc1NC(=O)c1ccc2c(c1)OCCO2. The highest BCUT2D eigenvalue weighted by Gasteiger charge is 2.15. The van der Waals surface area contributed by atoms with E-state index in [0.29, 0.717) is 36.0 Å². The van der Waals surface area contributed by atoms with Gasteiger partial charge in [-0.3, -0.25) is 4.79 Å². The maximum Gasteiger partial charge on any atom is 0.255 e. The molecule has 1 amide bonds. The molecule has 2 aromatic rings. The van der Waals surface area contributed by atoms with Crippen LogP contribution in [-0.4, -0.2) is 24.1 Å². The maximum absolute atomic E-state index is 12.3. The summed E-state index contributed by atoms with van der Waals surface area (Å²) in [5.74, 6) is 1.05. The Morgan fingerprint density at radius 1 is 1.19 bits per heavy atom. The van der Waals surface area contributed by atoms with Crippen LogP contribution in [0.1, 0.15) is 16.1 Å². The van der Waals surface area contributed by atoms with Gasteiger partial charge in [-0.15, -0.1) is 0 Å². The Kier molecular flexibility index (Phi) is 3.79. The second-order valence-corrected chi connectivity index (χ2v) is 5.39. The second kappa shape index (κ2) is 5.73. The van der Waals surface area contributed by atoms with E-state index in [0.717, 1.165) is 10.3 Å². The average Bonchev–Trinajstić information content (AvgIpc) is 2.49. The van der Waals surface area contributed by atoms with Crippen molar-refractivity contribution >= 4 is 27.5 Å². The number of carbonyl (C=O) groups is 1. The van der Waals surface area contributed by atoms with Gasteiger partial charge in [0.25, 0.3) is 5.91 Å². The first kappa shape index (κ1) is 13.9. The van der Waals surface area contributed by atoms with E-state index in [2.05, 4.69) is 26.2 Å².